The lowest BCUT2D eigenvalue weighted by Gasteiger charge is -2.29. The average molecular weight is 468 g/mol. The molecule has 0 aliphatic heterocycles. The third-order valence-electron chi connectivity index (χ3n) is 6.05. The molecule has 1 unspecified atom stereocenters. The summed E-state index contributed by atoms with van der Waals surface area (Å²) < 4.78 is 30.3. The molecule has 1 aliphatic rings. The van der Waals surface area contributed by atoms with Crippen molar-refractivity contribution in [1.29, 1.82) is 0 Å². The predicted octanol–water partition coefficient (Wildman–Crippen LogP) is 2.48. The number of nitrogens with one attached hydrogen (secondary N) is 2. The van der Waals surface area contributed by atoms with Crippen LogP contribution in [0.1, 0.15) is 48.0 Å². The van der Waals surface area contributed by atoms with Gasteiger partial charge in [-0.2, -0.15) is 8.42 Å². The third-order valence-corrected chi connectivity index (χ3v) is 6.77. The molecule has 2 aromatic rings. The quantitative estimate of drug-likeness (QED) is 0.387. The maximum absolute atomic E-state index is 13.2. The Bertz CT molecular complexity index is 1050. The Morgan fingerprint density at radius 2 is 1.64 bits per heavy atom. The van der Waals surface area contributed by atoms with Crippen LogP contribution in [0.2, 0.25) is 0 Å². The fourth-order valence-corrected chi connectivity index (χ4v) is 4.61. The largest absolute Gasteiger partial charge is 0.351 e. The second-order valence-electron chi connectivity index (χ2n) is 8.56. The Morgan fingerprint density at radius 3 is 2.24 bits per heavy atom. The van der Waals surface area contributed by atoms with Gasteiger partial charge in [0, 0.05) is 23.7 Å². The number of carbonyl (C=O) groups is 2. The van der Waals surface area contributed by atoms with Crippen molar-refractivity contribution in [2.24, 2.45) is 11.8 Å². The van der Waals surface area contributed by atoms with E-state index in [0.717, 1.165) is 31.2 Å². The van der Waals surface area contributed by atoms with Crippen molar-refractivity contribution in [1.82, 2.24) is 5.32 Å². The van der Waals surface area contributed by atoms with Crippen molar-refractivity contribution in [2.75, 3.05) is 17.6 Å². The minimum atomic E-state index is -4.12. The monoisotopic (exact) mass is 468 g/mol. The molecule has 0 bridgehead atoms. The number of anilines is 1. The van der Waals surface area contributed by atoms with Crippen LogP contribution in [0.5, 0.6) is 0 Å². The highest BCUT2D eigenvalue weighted by atomic mass is 32.2. The smallest absolute Gasteiger partial charge is 0.266 e. The van der Waals surface area contributed by atoms with Crippen LogP contribution in [-0.4, -0.2) is 44.9 Å². The molecule has 0 spiro atoms. The van der Waals surface area contributed by atoms with Gasteiger partial charge in [0.25, 0.3) is 16.0 Å². The third kappa shape index (κ3) is 8.01. The fraction of sp³-hybridized carbons (Fsp3) is 0.417. The summed E-state index contributed by atoms with van der Waals surface area (Å²) in [7, 11) is 1.61. The molecule has 1 saturated carbocycles. The zero-order valence-corrected chi connectivity index (χ0v) is 19.3. The average Bonchev–Trinajstić information content (AvgIpc) is 2.79. The summed E-state index contributed by atoms with van der Waals surface area (Å²) in [5.74, 6) is -0.856. The van der Waals surface area contributed by atoms with Gasteiger partial charge in [-0.3, -0.25) is 14.1 Å². The van der Waals surface area contributed by atoms with Crippen molar-refractivity contribution >= 4 is 40.9 Å². The maximum Gasteiger partial charge on any atom is 0.266 e. The number of rotatable bonds is 9. The number of hydrogen-bond acceptors (Lipinski definition) is 4. The van der Waals surface area contributed by atoms with Gasteiger partial charge < -0.3 is 10.6 Å². The Hall–Kier alpha value is -2.65. The zero-order valence-electron chi connectivity index (χ0n) is 18.5. The van der Waals surface area contributed by atoms with E-state index in [1.807, 2.05) is 12.1 Å². The van der Waals surface area contributed by atoms with E-state index in [9.17, 15) is 18.0 Å². The lowest BCUT2D eigenvalue weighted by molar-refractivity contribution is -0.121. The Balaban J connectivity index is 1.66. The Kier molecular flexibility index (Phi) is 8.69. The van der Waals surface area contributed by atoms with Gasteiger partial charge in [0.1, 0.15) is 7.85 Å². The summed E-state index contributed by atoms with van der Waals surface area (Å²) >= 11 is 0. The Labute approximate surface area is 196 Å². The molecule has 0 aromatic heterocycles. The molecule has 0 heterocycles. The summed E-state index contributed by atoms with van der Waals surface area (Å²) in [6, 6.07) is 14.1. The molecule has 2 radical (unpaired) electrons. The van der Waals surface area contributed by atoms with Crippen LogP contribution in [0, 0.1) is 11.8 Å². The van der Waals surface area contributed by atoms with Crippen LogP contribution in [0.25, 0.3) is 0 Å². The van der Waals surface area contributed by atoms with Crippen molar-refractivity contribution in [2.45, 2.75) is 38.5 Å². The molecule has 1 atom stereocenters. The van der Waals surface area contributed by atoms with Gasteiger partial charge in [-0.15, -0.1) is 0 Å². The van der Waals surface area contributed by atoms with Gasteiger partial charge in [-0.1, -0.05) is 49.0 Å². The molecule has 1 fully saturated rings. The summed E-state index contributed by atoms with van der Waals surface area (Å²) in [6.45, 7) is -0.172. The number of hydrogen-bond donors (Lipinski definition) is 3. The first-order chi connectivity index (χ1) is 15.7. The molecule has 2 aromatic carbocycles. The number of benzene rings is 2. The van der Waals surface area contributed by atoms with Crippen molar-refractivity contribution in [3.63, 3.8) is 0 Å². The van der Waals surface area contributed by atoms with E-state index in [4.69, 9.17) is 12.4 Å². The molecule has 7 nitrogen and oxygen atoms in total. The molecule has 0 saturated heterocycles. The van der Waals surface area contributed by atoms with Crippen molar-refractivity contribution in [3.8, 4) is 0 Å². The van der Waals surface area contributed by atoms with E-state index < -0.39 is 21.8 Å². The summed E-state index contributed by atoms with van der Waals surface area (Å²) in [5, 5.41) is 5.49. The summed E-state index contributed by atoms with van der Waals surface area (Å²) in [4.78, 5) is 25.4. The van der Waals surface area contributed by atoms with Crippen LogP contribution in [0.4, 0.5) is 5.69 Å². The SMILES string of the molecule is [B]c1ccc(NC(=O)C(Cc2ccc(C(=O)NCCS(=O)(=O)O)cc2)C2CCCCC2)cc1. The lowest BCUT2D eigenvalue weighted by Crippen LogP contribution is -2.32. The molecule has 33 heavy (non-hydrogen) atoms. The summed E-state index contributed by atoms with van der Waals surface area (Å²) in [6.07, 6.45) is 6.06. The molecule has 1 aliphatic carbocycles. The van der Waals surface area contributed by atoms with E-state index in [-0.39, 0.29) is 18.4 Å². The number of carbonyl (C=O) groups excluding carboxylic acids is 2. The molecule has 174 valence electrons. The van der Waals surface area contributed by atoms with E-state index in [1.165, 1.54) is 6.42 Å². The number of amides is 2. The van der Waals surface area contributed by atoms with Crippen molar-refractivity contribution < 1.29 is 22.6 Å². The molecular formula is C24H29BN2O5S. The van der Waals surface area contributed by atoms with Crippen LogP contribution < -0.4 is 16.1 Å². The van der Waals surface area contributed by atoms with Gasteiger partial charge in [-0.05, 0) is 55.0 Å². The molecule has 3 rings (SSSR count). The normalized spacial score (nSPS) is 15.5. The lowest BCUT2D eigenvalue weighted by atomic mass is 9.77. The molecule has 3 N–H and O–H groups in total. The first-order valence-corrected chi connectivity index (χ1v) is 12.8. The van der Waals surface area contributed by atoms with Crippen molar-refractivity contribution in [3.05, 3.63) is 59.7 Å². The van der Waals surface area contributed by atoms with E-state index >= 15 is 0 Å². The standard InChI is InChI=1S/C24H29BN2O5S/c25-20-10-12-21(13-11-20)27-24(29)22(18-4-2-1-3-5-18)16-17-6-8-19(9-7-17)23(28)26-14-15-33(30,31)32/h6-13,18,22H,1-5,14-16H2,(H,26,28)(H,27,29)(H,30,31,32). The molecule has 9 heteroatoms. The van der Waals surface area contributed by atoms with E-state index in [0.29, 0.717) is 29.1 Å². The topological polar surface area (TPSA) is 113 Å². The van der Waals surface area contributed by atoms with Gasteiger partial charge >= 0.3 is 0 Å². The second-order valence-corrected chi connectivity index (χ2v) is 10.1. The van der Waals surface area contributed by atoms with Gasteiger partial charge in [0.05, 0.1) is 5.75 Å². The first kappa shape index (κ1) is 25.0. The van der Waals surface area contributed by atoms with Gasteiger partial charge in [0.2, 0.25) is 5.91 Å². The minimum absolute atomic E-state index is 0.0151. The minimum Gasteiger partial charge on any atom is -0.351 e. The van der Waals surface area contributed by atoms with Crippen LogP contribution in [-0.2, 0) is 21.3 Å². The molecular weight excluding hydrogens is 439 g/mol. The van der Waals surface area contributed by atoms with Crippen LogP contribution in [0.15, 0.2) is 48.5 Å². The first-order valence-electron chi connectivity index (χ1n) is 11.2. The Morgan fingerprint density at radius 1 is 1.00 bits per heavy atom. The highest BCUT2D eigenvalue weighted by Crippen LogP contribution is 2.33. The highest BCUT2D eigenvalue weighted by Gasteiger charge is 2.30. The maximum atomic E-state index is 13.2. The fourth-order valence-electron chi connectivity index (χ4n) is 4.25. The van der Waals surface area contributed by atoms with Gasteiger partial charge in [-0.25, -0.2) is 0 Å². The van der Waals surface area contributed by atoms with Crippen LogP contribution in [0.3, 0.4) is 0 Å². The van der Waals surface area contributed by atoms with E-state index in [2.05, 4.69) is 10.6 Å². The van der Waals surface area contributed by atoms with E-state index in [1.54, 1.807) is 36.4 Å². The zero-order chi connectivity index (χ0) is 23.8. The van der Waals surface area contributed by atoms with Crippen LogP contribution >= 0.6 is 0 Å². The second kappa shape index (κ2) is 11.5. The highest BCUT2D eigenvalue weighted by molar-refractivity contribution is 7.85. The molecule has 2 amide bonds. The summed E-state index contributed by atoms with van der Waals surface area (Å²) in [5.41, 5.74) is 2.69. The van der Waals surface area contributed by atoms with Gasteiger partial charge in [0.15, 0.2) is 0 Å². The predicted molar refractivity (Wildman–Crippen MR) is 129 cm³/mol.